The van der Waals surface area contributed by atoms with E-state index >= 15 is 8.78 Å². The largest absolute Gasteiger partial charge is 0.489 e. The second-order valence-electron chi connectivity index (χ2n) is 16.1. The summed E-state index contributed by atoms with van der Waals surface area (Å²) in [6.45, 7) is 4.48. The lowest BCUT2D eigenvalue weighted by Crippen LogP contribution is -2.59. The predicted octanol–water partition coefficient (Wildman–Crippen LogP) is 3.36. The van der Waals surface area contributed by atoms with Crippen molar-refractivity contribution in [2.24, 2.45) is 5.92 Å². The minimum absolute atomic E-state index is 0.00849. The standard InChI is InChI=1S/C41H41F2N9O7/c1-22(2)59-33-16-28-23(14-31(33)46-36(54)30-17-45-51-11-3-10-44-35(30)51)18-50(38(28)56)25-8-12-48(13-9-25)21-41(42,43)24-19-49(20-24)26-4-5-27-29(15-26)40(58)52(39(27)57)32-6-7-34(53)47-37(32)55/h3-5,10-11,14-17,22,24-25,32H,6-9,12-13,18-21H2,1-2H3,(H,46,54)(H,47,53,55). The number of rotatable bonds is 10. The lowest BCUT2D eigenvalue weighted by molar-refractivity contribution is -0.136. The van der Waals surface area contributed by atoms with Crippen molar-refractivity contribution < 1.29 is 42.3 Å². The van der Waals surface area contributed by atoms with Gasteiger partial charge in [-0.15, -0.1) is 0 Å². The van der Waals surface area contributed by atoms with E-state index in [1.807, 2.05) is 13.8 Å². The molecular formula is C41H41F2N9O7. The fourth-order valence-corrected chi connectivity index (χ4v) is 8.71. The molecule has 2 N–H and O–H groups in total. The number of carbonyl (C=O) groups excluding carboxylic acids is 6. The van der Waals surface area contributed by atoms with Gasteiger partial charge >= 0.3 is 0 Å². The highest BCUT2D eigenvalue weighted by molar-refractivity contribution is 6.23. The van der Waals surface area contributed by atoms with Crippen LogP contribution < -0.4 is 20.3 Å². The Morgan fingerprint density at radius 2 is 1.75 bits per heavy atom. The molecular weight excluding hydrogens is 769 g/mol. The molecule has 0 spiro atoms. The summed E-state index contributed by atoms with van der Waals surface area (Å²) in [6, 6.07) is 8.49. The number of ether oxygens (including phenoxy) is 1. The van der Waals surface area contributed by atoms with Crippen molar-refractivity contribution in [3.63, 3.8) is 0 Å². The smallest absolute Gasteiger partial charge is 0.266 e. The van der Waals surface area contributed by atoms with Crippen molar-refractivity contribution in [2.75, 3.05) is 42.9 Å². The predicted molar refractivity (Wildman–Crippen MR) is 206 cm³/mol. The van der Waals surface area contributed by atoms with Gasteiger partial charge in [0.25, 0.3) is 29.6 Å². The fraction of sp³-hybridized carbons (Fsp3) is 0.415. The second-order valence-corrected chi connectivity index (χ2v) is 16.1. The van der Waals surface area contributed by atoms with E-state index in [0.29, 0.717) is 60.8 Å². The topological polar surface area (TPSA) is 179 Å². The summed E-state index contributed by atoms with van der Waals surface area (Å²) in [5, 5.41) is 9.29. The van der Waals surface area contributed by atoms with Gasteiger partial charge in [-0.3, -0.25) is 43.9 Å². The molecule has 0 saturated carbocycles. The zero-order valence-corrected chi connectivity index (χ0v) is 32.3. The summed E-state index contributed by atoms with van der Waals surface area (Å²) in [4.78, 5) is 87.9. The molecule has 306 valence electrons. The van der Waals surface area contributed by atoms with Crippen LogP contribution in [0.1, 0.15) is 86.5 Å². The molecule has 3 fully saturated rings. The summed E-state index contributed by atoms with van der Waals surface area (Å²) in [7, 11) is 0. The van der Waals surface area contributed by atoms with E-state index in [4.69, 9.17) is 4.74 Å². The molecule has 6 amide bonds. The Bertz CT molecular complexity index is 2440. The van der Waals surface area contributed by atoms with E-state index in [0.717, 1.165) is 10.5 Å². The molecule has 4 aromatic rings. The number of imide groups is 2. The zero-order valence-electron chi connectivity index (χ0n) is 32.3. The molecule has 2 aromatic carbocycles. The lowest BCUT2D eigenvalue weighted by Gasteiger charge is -2.46. The van der Waals surface area contributed by atoms with Crippen LogP contribution in [0.15, 0.2) is 55.0 Å². The third-order valence-corrected chi connectivity index (χ3v) is 11.9. The zero-order chi connectivity index (χ0) is 41.3. The highest BCUT2D eigenvalue weighted by Gasteiger charge is 2.49. The number of carbonyl (C=O) groups is 6. The number of piperidine rings is 2. The van der Waals surface area contributed by atoms with Gasteiger partial charge in [0.1, 0.15) is 17.4 Å². The first-order valence-corrected chi connectivity index (χ1v) is 19.7. The van der Waals surface area contributed by atoms with E-state index in [-0.39, 0.29) is 60.7 Å². The summed E-state index contributed by atoms with van der Waals surface area (Å²) < 4.78 is 39.0. The maximum absolute atomic E-state index is 15.7. The molecule has 3 saturated heterocycles. The van der Waals surface area contributed by atoms with Crippen LogP contribution in [0.25, 0.3) is 5.65 Å². The Morgan fingerprint density at radius 3 is 2.49 bits per heavy atom. The molecule has 0 aliphatic carbocycles. The summed E-state index contributed by atoms with van der Waals surface area (Å²) in [5.41, 5.74) is 3.06. The maximum Gasteiger partial charge on any atom is 0.266 e. The Kier molecular flexibility index (Phi) is 9.40. The molecule has 5 aliphatic rings. The minimum Gasteiger partial charge on any atom is -0.489 e. The van der Waals surface area contributed by atoms with E-state index < -0.39 is 54.0 Å². The Labute approximate surface area is 336 Å². The van der Waals surface area contributed by atoms with Crippen LogP contribution in [0.2, 0.25) is 0 Å². The number of aromatic nitrogens is 3. The average Bonchev–Trinajstić information content (AvgIpc) is 3.82. The van der Waals surface area contributed by atoms with Crippen molar-refractivity contribution >= 4 is 52.5 Å². The number of halogens is 2. The van der Waals surface area contributed by atoms with Gasteiger partial charge in [0, 0.05) is 68.8 Å². The number of benzene rings is 2. The van der Waals surface area contributed by atoms with Gasteiger partial charge in [-0.1, -0.05) is 0 Å². The van der Waals surface area contributed by atoms with E-state index in [9.17, 15) is 28.8 Å². The van der Waals surface area contributed by atoms with Crippen LogP contribution in [0.4, 0.5) is 20.2 Å². The quantitative estimate of drug-likeness (QED) is 0.225. The molecule has 2 aromatic heterocycles. The van der Waals surface area contributed by atoms with Crippen molar-refractivity contribution in [2.45, 2.75) is 70.2 Å². The van der Waals surface area contributed by atoms with Crippen molar-refractivity contribution in [1.82, 2.24) is 34.6 Å². The molecule has 9 rings (SSSR count). The molecule has 59 heavy (non-hydrogen) atoms. The molecule has 0 bridgehead atoms. The van der Waals surface area contributed by atoms with Gasteiger partial charge in [0.15, 0.2) is 5.65 Å². The first-order chi connectivity index (χ1) is 28.3. The number of likely N-dealkylation sites (tertiary alicyclic amines) is 1. The molecule has 5 aliphatic heterocycles. The SMILES string of the molecule is CC(C)Oc1cc2c(cc1NC(=O)c1cnn3cccnc13)CN(C1CCN(CC(F)(F)C3CN(c4ccc5c(c4)C(=O)N(C4CCC(=O)NC4=O)C5=O)C3)CC1)C2=O. The number of amides is 6. The van der Waals surface area contributed by atoms with E-state index in [1.165, 1.54) is 22.8 Å². The number of anilines is 2. The Balaban J connectivity index is 0.798. The minimum atomic E-state index is -3.00. The van der Waals surface area contributed by atoms with Gasteiger partial charge < -0.3 is 19.9 Å². The number of fused-ring (bicyclic) bond motifs is 3. The van der Waals surface area contributed by atoms with Crippen LogP contribution in [0, 0.1) is 5.92 Å². The molecule has 7 heterocycles. The highest BCUT2D eigenvalue weighted by atomic mass is 19.3. The summed E-state index contributed by atoms with van der Waals surface area (Å²) in [6.07, 6.45) is 5.55. The number of hydrogen-bond donors (Lipinski definition) is 2. The molecule has 18 heteroatoms. The van der Waals surface area contributed by atoms with Crippen molar-refractivity contribution in [3.05, 3.63) is 82.8 Å². The molecule has 1 atom stereocenters. The number of alkyl halides is 2. The monoisotopic (exact) mass is 809 g/mol. The number of hydrogen-bond acceptors (Lipinski definition) is 11. The van der Waals surface area contributed by atoms with Gasteiger partial charge in [-0.05, 0) is 75.1 Å². The normalized spacial score (nSPS) is 20.4. The van der Waals surface area contributed by atoms with Crippen LogP contribution >= 0.6 is 0 Å². The third kappa shape index (κ3) is 6.83. The van der Waals surface area contributed by atoms with Crippen LogP contribution in [0.3, 0.4) is 0 Å². The van der Waals surface area contributed by atoms with Crippen LogP contribution in [-0.2, 0) is 16.1 Å². The fourth-order valence-electron chi connectivity index (χ4n) is 8.71. The lowest BCUT2D eigenvalue weighted by atomic mass is 9.90. The van der Waals surface area contributed by atoms with Crippen LogP contribution in [0.5, 0.6) is 5.75 Å². The van der Waals surface area contributed by atoms with Gasteiger partial charge in [0.2, 0.25) is 11.8 Å². The third-order valence-electron chi connectivity index (χ3n) is 11.9. The van der Waals surface area contributed by atoms with Crippen molar-refractivity contribution in [3.8, 4) is 5.75 Å². The molecule has 0 radical (unpaired) electrons. The Hall–Kier alpha value is -6.30. The van der Waals surface area contributed by atoms with E-state index in [1.54, 1.807) is 51.4 Å². The number of nitrogens with one attached hydrogen (secondary N) is 2. The molecule has 1 unspecified atom stereocenters. The van der Waals surface area contributed by atoms with Crippen LogP contribution in [-0.4, -0.2) is 122 Å². The Morgan fingerprint density at radius 1 is 0.983 bits per heavy atom. The number of nitrogens with zero attached hydrogens (tertiary/aromatic N) is 7. The second kappa shape index (κ2) is 14.5. The summed E-state index contributed by atoms with van der Waals surface area (Å²) >= 11 is 0. The summed E-state index contributed by atoms with van der Waals surface area (Å²) in [5.74, 6) is -6.61. The molecule has 16 nitrogen and oxygen atoms in total. The van der Waals surface area contributed by atoms with Gasteiger partial charge in [-0.25, -0.2) is 18.3 Å². The van der Waals surface area contributed by atoms with Gasteiger partial charge in [-0.2, -0.15) is 5.10 Å². The average molecular weight is 810 g/mol. The van der Waals surface area contributed by atoms with E-state index in [2.05, 4.69) is 20.7 Å². The van der Waals surface area contributed by atoms with Crippen molar-refractivity contribution in [1.29, 1.82) is 0 Å². The van der Waals surface area contributed by atoms with Gasteiger partial charge in [0.05, 0.1) is 41.6 Å². The first kappa shape index (κ1) is 38.2. The maximum atomic E-state index is 15.7. The highest BCUT2D eigenvalue weighted by Crippen LogP contribution is 2.40. The first-order valence-electron chi connectivity index (χ1n) is 19.7.